The van der Waals surface area contributed by atoms with Crippen LogP contribution in [0, 0.1) is 0 Å². The molecule has 25 heavy (non-hydrogen) atoms. The summed E-state index contributed by atoms with van der Waals surface area (Å²) in [6.45, 7) is 0.580. The summed E-state index contributed by atoms with van der Waals surface area (Å²) in [6, 6.07) is 23.8. The lowest BCUT2D eigenvalue weighted by Crippen LogP contribution is -2.12. The molecule has 3 aromatic carbocycles. The Labute approximate surface area is 144 Å². The van der Waals surface area contributed by atoms with Gasteiger partial charge in [0.05, 0.1) is 12.7 Å². The average Bonchev–Trinajstić information content (AvgIpc) is 3.11. The van der Waals surface area contributed by atoms with Gasteiger partial charge in [0.25, 0.3) is 5.91 Å². The Morgan fingerprint density at radius 2 is 1.68 bits per heavy atom. The van der Waals surface area contributed by atoms with Crippen molar-refractivity contribution in [3.63, 3.8) is 0 Å². The van der Waals surface area contributed by atoms with Gasteiger partial charge in [0, 0.05) is 5.69 Å². The lowest BCUT2D eigenvalue weighted by molar-refractivity contribution is 0.102. The van der Waals surface area contributed by atoms with E-state index in [0.29, 0.717) is 12.2 Å². The fraction of sp³-hybridized carbons (Fsp3) is 0.0500. The number of anilines is 1. The number of amides is 1. The Morgan fingerprint density at radius 1 is 0.920 bits per heavy atom. The molecule has 1 N–H and O–H groups in total. The molecule has 0 atom stereocenters. The van der Waals surface area contributed by atoms with E-state index in [4.69, 9.17) is 0 Å². The highest BCUT2D eigenvalue weighted by Gasteiger charge is 2.11. The molecule has 1 amide bonds. The van der Waals surface area contributed by atoms with Crippen LogP contribution in [0.1, 0.15) is 16.1 Å². The largest absolute Gasteiger partial charge is 0.321 e. The van der Waals surface area contributed by atoms with E-state index in [1.54, 1.807) is 10.9 Å². The molecular weight excluding hydrogens is 312 g/mol. The van der Waals surface area contributed by atoms with E-state index >= 15 is 0 Å². The molecule has 0 fully saturated rings. The topological polar surface area (TPSA) is 59.8 Å². The molecular formula is C20H16N4O. The van der Waals surface area contributed by atoms with Crippen LogP contribution in [0.5, 0.6) is 0 Å². The van der Waals surface area contributed by atoms with Gasteiger partial charge in [0.2, 0.25) is 0 Å². The van der Waals surface area contributed by atoms with Crippen LogP contribution in [0.2, 0.25) is 0 Å². The minimum atomic E-state index is -0.269. The molecule has 0 saturated heterocycles. The maximum atomic E-state index is 12.4. The summed E-state index contributed by atoms with van der Waals surface area (Å²) in [7, 11) is 0. The average molecular weight is 328 g/mol. The highest BCUT2D eigenvalue weighted by atomic mass is 16.2. The van der Waals surface area contributed by atoms with Gasteiger partial charge in [-0.25, -0.2) is 4.68 Å². The number of nitrogens with zero attached hydrogens (tertiary/aromatic N) is 3. The van der Waals surface area contributed by atoms with Gasteiger partial charge in [0.15, 0.2) is 5.69 Å². The maximum Gasteiger partial charge on any atom is 0.277 e. The molecule has 0 spiro atoms. The molecule has 1 aromatic heterocycles. The third-order valence-corrected chi connectivity index (χ3v) is 3.97. The van der Waals surface area contributed by atoms with Gasteiger partial charge in [-0.3, -0.25) is 4.79 Å². The molecule has 0 unspecified atom stereocenters. The monoisotopic (exact) mass is 328 g/mol. The van der Waals surface area contributed by atoms with Crippen molar-refractivity contribution in [2.75, 3.05) is 5.32 Å². The van der Waals surface area contributed by atoms with Gasteiger partial charge in [-0.05, 0) is 28.5 Å². The first-order valence-electron chi connectivity index (χ1n) is 8.02. The smallest absolute Gasteiger partial charge is 0.277 e. The molecule has 1 heterocycles. The van der Waals surface area contributed by atoms with Crippen LogP contribution in [0.3, 0.4) is 0 Å². The third-order valence-electron chi connectivity index (χ3n) is 3.97. The Kier molecular flexibility index (Phi) is 3.96. The molecule has 5 heteroatoms. The molecule has 4 aromatic rings. The van der Waals surface area contributed by atoms with Gasteiger partial charge >= 0.3 is 0 Å². The van der Waals surface area contributed by atoms with Crippen molar-refractivity contribution in [3.8, 4) is 0 Å². The van der Waals surface area contributed by atoms with Gasteiger partial charge in [-0.1, -0.05) is 65.9 Å². The van der Waals surface area contributed by atoms with Crippen LogP contribution in [-0.2, 0) is 6.54 Å². The van der Waals surface area contributed by atoms with Crippen molar-refractivity contribution in [1.29, 1.82) is 0 Å². The second kappa shape index (κ2) is 6.57. The second-order valence-electron chi connectivity index (χ2n) is 5.80. The molecule has 5 nitrogen and oxygen atoms in total. The van der Waals surface area contributed by atoms with E-state index in [0.717, 1.165) is 22.0 Å². The lowest BCUT2D eigenvalue weighted by atomic mass is 10.1. The van der Waals surface area contributed by atoms with Crippen molar-refractivity contribution in [1.82, 2.24) is 15.0 Å². The summed E-state index contributed by atoms with van der Waals surface area (Å²) < 4.78 is 1.66. The summed E-state index contributed by atoms with van der Waals surface area (Å²) in [5, 5.41) is 13.1. The highest BCUT2D eigenvalue weighted by molar-refractivity contribution is 6.03. The highest BCUT2D eigenvalue weighted by Crippen LogP contribution is 2.19. The Bertz CT molecular complexity index is 1020. The predicted molar refractivity (Wildman–Crippen MR) is 97.5 cm³/mol. The van der Waals surface area contributed by atoms with E-state index < -0.39 is 0 Å². The second-order valence-corrected chi connectivity index (χ2v) is 5.80. The van der Waals surface area contributed by atoms with Crippen molar-refractivity contribution >= 4 is 22.4 Å². The van der Waals surface area contributed by atoms with E-state index in [1.807, 2.05) is 72.8 Å². The molecule has 0 aliphatic heterocycles. The fourth-order valence-corrected chi connectivity index (χ4v) is 2.71. The SMILES string of the molecule is O=C(Nc1ccc2ccccc2c1)c1cn(Cc2ccccc2)nn1. The minimum Gasteiger partial charge on any atom is -0.321 e. The number of hydrogen-bond acceptors (Lipinski definition) is 3. The number of aromatic nitrogens is 3. The Balaban J connectivity index is 1.49. The van der Waals surface area contributed by atoms with Crippen molar-refractivity contribution in [3.05, 3.63) is 90.3 Å². The summed E-state index contributed by atoms with van der Waals surface area (Å²) in [5.74, 6) is -0.269. The van der Waals surface area contributed by atoms with Crippen LogP contribution >= 0.6 is 0 Å². The van der Waals surface area contributed by atoms with Crippen LogP contribution in [0.15, 0.2) is 79.0 Å². The Hall–Kier alpha value is -3.47. The van der Waals surface area contributed by atoms with Crippen LogP contribution in [0.4, 0.5) is 5.69 Å². The molecule has 122 valence electrons. The molecule has 0 saturated carbocycles. The number of nitrogens with one attached hydrogen (secondary N) is 1. The van der Waals surface area contributed by atoms with Crippen molar-refractivity contribution < 1.29 is 4.79 Å². The van der Waals surface area contributed by atoms with E-state index in [9.17, 15) is 4.79 Å². The molecule has 4 rings (SSSR count). The first kappa shape index (κ1) is 15.1. The number of fused-ring (bicyclic) bond motifs is 1. The number of carbonyl (C=O) groups is 1. The summed E-state index contributed by atoms with van der Waals surface area (Å²) in [5.41, 5.74) is 2.14. The molecule has 0 radical (unpaired) electrons. The third kappa shape index (κ3) is 3.40. The molecule has 0 aliphatic carbocycles. The number of hydrogen-bond donors (Lipinski definition) is 1. The van der Waals surface area contributed by atoms with E-state index in [2.05, 4.69) is 15.6 Å². The molecule has 0 bridgehead atoms. The van der Waals surface area contributed by atoms with Gasteiger partial charge in [-0.2, -0.15) is 0 Å². The van der Waals surface area contributed by atoms with E-state index in [-0.39, 0.29) is 5.91 Å². The summed E-state index contributed by atoms with van der Waals surface area (Å²) in [4.78, 5) is 12.4. The van der Waals surface area contributed by atoms with Gasteiger partial charge < -0.3 is 5.32 Å². The zero-order valence-electron chi connectivity index (χ0n) is 13.5. The Morgan fingerprint density at radius 3 is 2.52 bits per heavy atom. The van der Waals surface area contributed by atoms with Crippen molar-refractivity contribution in [2.45, 2.75) is 6.54 Å². The lowest BCUT2D eigenvalue weighted by Gasteiger charge is -2.04. The van der Waals surface area contributed by atoms with Crippen molar-refractivity contribution in [2.24, 2.45) is 0 Å². The van der Waals surface area contributed by atoms with E-state index in [1.165, 1.54) is 0 Å². The first-order chi connectivity index (χ1) is 12.3. The van der Waals surface area contributed by atoms with Gasteiger partial charge in [-0.15, -0.1) is 5.10 Å². The number of benzene rings is 3. The minimum absolute atomic E-state index is 0.269. The maximum absolute atomic E-state index is 12.4. The zero-order chi connectivity index (χ0) is 17.1. The predicted octanol–water partition coefficient (Wildman–Crippen LogP) is 3.73. The first-order valence-corrected chi connectivity index (χ1v) is 8.02. The summed E-state index contributed by atoms with van der Waals surface area (Å²) in [6.07, 6.45) is 1.66. The van der Waals surface area contributed by atoms with Gasteiger partial charge in [0.1, 0.15) is 0 Å². The molecule has 0 aliphatic rings. The number of carbonyl (C=O) groups excluding carboxylic acids is 1. The number of rotatable bonds is 4. The quantitative estimate of drug-likeness (QED) is 0.621. The summed E-state index contributed by atoms with van der Waals surface area (Å²) >= 11 is 0. The van der Waals surface area contributed by atoms with Crippen LogP contribution < -0.4 is 5.32 Å². The zero-order valence-corrected chi connectivity index (χ0v) is 13.5. The van der Waals surface area contributed by atoms with Crippen LogP contribution in [0.25, 0.3) is 10.8 Å². The normalized spacial score (nSPS) is 10.7. The fourth-order valence-electron chi connectivity index (χ4n) is 2.71. The van der Waals surface area contributed by atoms with Crippen LogP contribution in [-0.4, -0.2) is 20.9 Å². The standard InChI is InChI=1S/C20H16N4O/c25-20(21-18-11-10-16-8-4-5-9-17(16)12-18)19-14-24(23-22-19)13-15-6-2-1-3-7-15/h1-12,14H,13H2,(H,21,25).